The number of nitrogens with zero attached hydrogens (tertiary/aromatic N) is 2. The topological polar surface area (TPSA) is 56.0 Å². The molecule has 1 aromatic carbocycles. The van der Waals surface area contributed by atoms with Crippen LogP contribution in [-0.4, -0.2) is 15.9 Å². The Morgan fingerprint density at radius 2 is 2.07 bits per heavy atom. The molecule has 0 saturated heterocycles. The van der Waals surface area contributed by atoms with Crippen molar-refractivity contribution in [3.05, 3.63) is 35.7 Å². The van der Waals surface area contributed by atoms with E-state index in [2.05, 4.69) is 10.1 Å². The fraction of sp³-hybridized carbons (Fsp3) is 0.182. The van der Waals surface area contributed by atoms with E-state index in [1.165, 1.54) is 6.92 Å². The summed E-state index contributed by atoms with van der Waals surface area (Å²) in [6.07, 6.45) is 0. The Morgan fingerprint density at radius 3 is 2.67 bits per heavy atom. The average molecular weight is 202 g/mol. The third-order valence-electron chi connectivity index (χ3n) is 2.11. The van der Waals surface area contributed by atoms with Crippen LogP contribution in [0.3, 0.4) is 0 Å². The quantitative estimate of drug-likeness (QED) is 0.701. The lowest BCUT2D eigenvalue weighted by atomic mass is 10.1. The minimum absolute atomic E-state index is 0.0493. The number of ketones is 1. The van der Waals surface area contributed by atoms with E-state index in [0.29, 0.717) is 5.82 Å². The van der Waals surface area contributed by atoms with Gasteiger partial charge in [0.25, 0.3) is 5.89 Å². The normalized spacial score (nSPS) is 10.3. The zero-order valence-electron chi connectivity index (χ0n) is 8.52. The van der Waals surface area contributed by atoms with Crippen molar-refractivity contribution < 1.29 is 9.32 Å². The molecule has 0 fully saturated rings. The average Bonchev–Trinajstić information content (AvgIpc) is 2.67. The van der Waals surface area contributed by atoms with Crippen LogP contribution < -0.4 is 0 Å². The number of aromatic nitrogens is 2. The second-order valence-corrected chi connectivity index (χ2v) is 3.29. The molecule has 0 bridgehead atoms. The Labute approximate surface area is 86.9 Å². The number of carbonyl (C=O) groups is 1. The van der Waals surface area contributed by atoms with Gasteiger partial charge in [-0.15, -0.1) is 0 Å². The van der Waals surface area contributed by atoms with Crippen LogP contribution in [0.25, 0.3) is 11.4 Å². The van der Waals surface area contributed by atoms with Crippen molar-refractivity contribution >= 4 is 5.78 Å². The van der Waals surface area contributed by atoms with Crippen LogP contribution in [0.4, 0.5) is 0 Å². The maximum absolute atomic E-state index is 11.0. The molecule has 0 aliphatic carbocycles. The maximum atomic E-state index is 11.0. The predicted molar refractivity (Wildman–Crippen MR) is 54.5 cm³/mol. The summed E-state index contributed by atoms with van der Waals surface area (Å²) in [7, 11) is 0. The smallest absolute Gasteiger partial charge is 0.294 e. The molecule has 0 atom stereocenters. The second-order valence-electron chi connectivity index (χ2n) is 3.29. The SMILES string of the molecule is CC(=O)c1nc(-c2ccccc2C)no1. The van der Waals surface area contributed by atoms with Gasteiger partial charge in [0.2, 0.25) is 11.6 Å². The van der Waals surface area contributed by atoms with Crippen LogP contribution in [-0.2, 0) is 0 Å². The summed E-state index contributed by atoms with van der Waals surface area (Å²) >= 11 is 0. The molecule has 0 saturated carbocycles. The molecule has 2 rings (SSSR count). The van der Waals surface area contributed by atoms with Gasteiger partial charge in [0.1, 0.15) is 0 Å². The van der Waals surface area contributed by atoms with Gasteiger partial charge in [-0.25, -0.2) is 0 Å². The molecule has 76 valence electrons. The molecule has 0 amide bonds. The van der Waals surface area contributed by atoms with E-state index in [1.54, 1.807) is 0 Å². The van der Waals surface area contributed by atoms with Crippen molar-refractivity contribution in [2.45, 2.75) is 13.8 Å². The monoisotopic (exact) mass is 202 g/mol. The summed E-state index contributed by atoms with van der Waals surface area (Å²) < 4.78 is 4.82. The van der Waals surface area contributed by atoms with Gasteiger partial charge in [-0.3, -0.25) is 4.79 Å². The molecular formula is C11H10N2O2. The zero-order valence-corrected chi connectivity index (χ0v) is 8.52. The largest absolute Gasteiger partial charge is 0.330 e. The minimum Gasteiger partial charge on any atom is -0.330 e. The molecule has 0 aliphatic rings. The molecule has 1 aromatic heterocycles. The lowest BCUT2D eigenvalue weighted by Crippen LogP contribution is -1.91. The fourth-order valence-electron chi connectivity index (χ4n) is 1.30. The van der Waals surface area contributed by atoms with E-state index >= 15 is 0 Å². The Hall–Kier alpha value is -1.97. The van der Waals surface area contributed by atoms with Crippen molar-refractivity contribution in [3.63, 3.8) is 0 Å². The van der Waals surface area contributed by atoms with Crippen molar-refractivity contribution in [2.24, 2.45) is 0 Å². The van der Waals surface area contributed by atoms with E-state index in [9.17, 15) is 4.79 Å². The number of Topliss-reactive ketones (excluding diaryl/α,β-unsaturated/α-hetero) is 1. The van der Waals surface area contributed by atoms with Gasteiger partial charge in [-0.2, -0.15) is 4.98 Å². The Balaban J connectivity index is 2.46. The summed E-state index contributed by atoms with van der Waals surface area (Å²) in [5.74, 6) is 0.286. The zero-order chi connectivity index (χ0) is 10.8. The number of benzene rings is 1. The van der Waals surface area contributed by atoms with Crippen LogP contribution in [0.15, 0.2) is 28.8 Å². The first kappa shape index (κ1) is 9.58. The van der Waals surface area contributed by atoms with Gasteiger partial charge in [0.05, 0.1) is 0 Å². The Morgan fingerprint density at radius 1 is 1.33 bits per heavy atom. The number of rotatable bonds is 2. The lowest BCUT2D eigenvalue weighted by Gasteiger charge is -1.97. The second kappa shape index (κ2) is 3.65. The minimum atomic E-state index is -0.220. The first-order chi connectivity index (χ1) is 7.18. The highest BCUT2D eigenvalue weighted by atomic mass is 16.5. The Kier molecular flexibility index (Phi) is 2.33. The number of aryl methyl sites for hydroxylation is 1. The summed E-state index contributed by atoms with van der Waals surface area (Å²) in [6.45, 7) is 3.36. The highest BCUT2D eigenvalue weighted by Gasteiger charge is 2.12. The van der Waals surface area contributed by atoms with Crippen molar-refractivity contribution in [1.29, 1.82) is 0 Å². The van der Waals surface area contributed by atoms with Crippen molar-refractivity contribution in [2.75, 3.05) is 0 Å². The van der Waals surface area contributed by atoms with Crippen LogP contribution in [0.5, 0.6) is 0 Å². The fourth-order valence-corrected chi connectivity index (χ4v) is 1.30. The molecule has 2 aromatic rings. The molecule has 4 nitrogen and oxygen atoms in total. The Bertz CT molecular complexity index is 503. The van der Waals surface area contributed by atoms with Gasteiger partial charge >= 0.3 is 0 Å². The van der Waals surface area contributed by atoms with E-state index < -0.39 is 0 Å². The van der Waals surface area contributed by atoms with Crippen LogP contribution in [0.2, 0.25) is 0 Å². The van der Waals surface area contributed by atoms with E-state index in [1.807, 2.05) is 31.2 Å². The standard InChI is InChI=1S/C11H10N2O2/c1-7-5-3-4-6-9(7)10-12-11(8(2)14)15-13-10/h3-6H,1-2H3. The summed E-state index contributed by atoms with van der Waals surface area (Å²) in [6, 6.07) is 7.68. The lowest BCUT2D eigenvalue weighted by molar-refractivity contribution is 0.0972. The predicted octanol–water partition coefficient (Wildman–Crippen LogP) is 2.25. The molecule has 1 heterocycles. The van der Waals surface area contributed by atoms with E-state index in [4.69, 9.17) is 4.52 Å². The molecule has 0 spiro atoms. The number of hydrogen-bond acceptors (Lipinski definition) is 4. The van der Waals surface area contributed by atoms with Crippen LogP contribution in [0.1, 0.15) is 23.2 Å². The van der Waals surface area contributed by atoms with Crippen molar-refractivity contribution in [3.8, 4) is 11.4 Å². The third kappa shape index (κ3) is 1.79. The van der Waals surface area contributed by atoms with Crippen LogP contribution >= 0.6 is 0 Å². The molecule has 0 aliphatic heterocycles. The van der Waals surface area contributed by atoms with Crippen molar-refractivity contribution in [1.82, 2.24) is 10.1 Å². The van der Waals surface area contributed by atoms with Gasteiger partial charge in [0.15, 0.2) is 0 Å². The molecule has 0 N–H and O–H groups in total. The maximum Gasteiger partial charge on any atom is 0.294 e. The highest BCUT2D eigenvalue weighted by molar-refractivity contribution is 5.89. The van der Waals surface area contributed by atoms with E-state index in [0.717, 1.165) is 11.1 Å². The third-order valence-corrected chi connectivity index (χ3v) is 2.11. The molecule has 15 heavy (non-hydrogen) atoms. The van der Waals surface area contributed by atoms with Gasteiger partial charge in [0, 0.05) is 12.5 Å². The van der Waals surface area contributed by atoms with Gasteiger partial charge in [-0.05, 0) is 12.5 Å². The first-order valence-electron chi connectivity index (χ1n) is 4.59. The molecule has 4 heteroatoms. The summed E-state index contributed by atoms with van der Waals surface area (Å²) in [4.78, 5) is 15.0. The summed E-state index contributed by atoms with van der Waals surface area (Å²) in [5.41, 5.74) is 1.93. The van der Waals surface area contributed by atoms with E-state index in [-0.39, 0.29) is 11.7 Å². The van der Waals surface area contributed by atoms with Gasteiger partial charge in [-0.1, -0.05) is 29.4 Å². The van der Waals surface area contributed by atoms with Gasteiger partial charge < -0.3 is 4.52 Å². The summed E-state index contributed by atoms with van der Waals surface area (Å²) in [5, 5.41) is 3.76. The number of hydrogen-bond donors (Lipinski definition) is 0. The first-order valence-corrected chi connectivity index (χ1v) is 4.59. The highest BCUT2D eigenvalue weighted by Crippen LogP contribution is 2.19. The molecule has 0 radical (unpaired) electrons. The molecular weight excluding hydrogens is 192 g/mol. The number of carbonyl (C=O) groups excluding carboxylic acids is 1. The molecule has 0 unspecified atom stereocenters. The van der Waals surface area contributed by atoms with Crippen LogP contribution in [0, 0.1) is 6.92 Å².